The van der Waals surface area contributed by atoms with E-state index in [1.807, 2.05) is 13.0 Å². The highest BCUT2D eigenvalue weighted by Gasteiger charge is 2.49. The van der Waals surface area contributed by atoms with Crippen LogP contribution in [0.25, 0.3) is 0 Å². The molecule has 0 spiro atoms. The van der Waals surface area contributed by atoms with Crippen LogP contribution in [0.3, 0.4) is 0 Å². The Morgan fingerprint density at radius 3 is 2.75 bits per heavy atom. The van der Waals surface area contributed by atoms with Crippen molar-refractivity contribution in [2.24, 2.45) is 5.41 Å². The lowest BCUT2D eigenvalue weighted by molar-refractivity contribution is -0.386. The van der Waals surface area contributed by atoms with Crippen LogP contribution in [0, 0.1) is 22.5 Å². The number of nitrogens with zero attached hydrogens (tertiary/aromatic N) is 1. The Bertz CT molecular complexity index is 514. The summed E-state index contributed by atoms with van der Waals surface area (Å²) in [6.07, 6.45) is 0.888. The minimum absolute atomic E-state index is 0.00737. The normalized spacial score (nSPS) is 24.0. The van der Waals surface area contributed by atoms with Gasteiger partial charge < -0.3 is 10.1 Å². The molecular weight excluding hydrogens is 256 g/mol. The van der Waals surface area contributed by atoms with Crippen LogP contribution in [0.5, 0.6) is 5.75 Å². The predicted octanol–water partition coefficient (Wildman–Crippen LogP) is 3.06. The van der Waals surface area contributed by atoms with Gasteiger partial charge in [-0.3, -0.25) is 10.1 Å². The van der Waals surface area contributed by atoms with Crippen molar-refractivity contribution in [2.45, 2.75) is 46.3 Å². The van der Waals surface area contributed by atoms with Gasteiger partial charge in [0.25, 0.3) is 0 Å². The average molecular weight is 278 g/mol. The van der Waals surface area contributed by atoms with E-state index in [0.717, 1.165) is 18.5 Å². The summed E-state index contributed by atoms with van der Waals surface area (Å²) in [6.45, 7) is 9.11. The fourth-order valence-corrected chi connectivity index (χ4v) is 2.70. The van der Waals surface area contributed by atoms with Crippen LogP contribution in [0.4, 0.5) is 5.69 Å². The second-order valence-electron chi connectivity index (χ2n) is 6.00. The van der Waals surface area contributed by atoms with Crippen LogP contribution in [-0.4, -0.2) is 23.6 Å². The van der Waals surface area contributed by atoms with E-state index in [1.54, 1.807) is 12.1 Å². The van der Waals surface area contributed by atoms with Crippen LogP contribution in [0.1, 0.15) is 32.8 Å². The van der Waals surface area contributed by atoms with Crippen molar-refractivity contribution < 1.29 is 9.66 Å². The Kier molecular flexibility index (Phi) is 3.99. The Morgan fingerprint density at radius 1 is 1.50 bits per heavy atom. The minimum atomic E-state index is -0.379. The summed E-state index contributed by atoms with van der Waals surface area (Å²) >= 11 is 0. The van der Waals surface area contributed by atoms with Gasteiger partial charge in [0, 0.05) is 23.9 Å². The van der Waals surface area contributed by atoms with Gasteiger partial charge in [0.1, 0.15) is 6.10 Å². The lowest BCUT2D eigenvalue weighted by Gasteiger charge is -2.51. The molecule has 0 heterocycles. The molecule has 0 aromatic heterocycles. The van der Waals surface area contributed by atoms with Gasteiger partial charge in [-0.2, -0.15) is 0 Å². The summed E-state index contributed by atoms with van der Waals surface area (Å²) in [5.74, 6) is 0.369. The number of rotatable bonds is 5. The van der Waals surface area contributed by atoms with Crippen molar-refractivity contribution >= 4 is 5.69 Å². The van der Waals surface area contributed by atoms with Crippen molar-refractivity contribution in [3.63, 3.8) is 0 Å². The number of benzene rings is 1. The average Bonchev–Trinajstić information content (AvgIpc) is 2.39. The zero-order valence-corrected chi connectivity index (χ0v) is 12.5. The molecule has 1 N–H and O–H groups in total. The molecule has 0 aliphatic heterocycles. The van der Waals surface area contributed by atoms with Gasteiger partial charge in [0.15, 0.2) is 5.75 Å². The van der Waals surface area contributed by atoms with Gasteiger partial charge in [-0.05, 0) is 25.1 Å². The smallest absolute Gasteiger partial charge is 0.311 e. The number of nitro benzene ring substituents is 1. The molecule has 1 saturated carbocycles. The standard InChI is InChI=1S/C15H22N2O3/c1-5-16-13-9-14(15(13,3)4)20-12-7-6-10(2)8-11(12)17(18)19/h6-8,13-14,16H,5,9H2,1-4H3. The molecule has 0 amide bonds. The second kappa shape index (κ2) is 5.40. The van der Waals surface area contributed by atoms with E-state index in [-0.39, 0.29) is 22.1 Å². The van der Waals surface area contributed by atoms with Crippen molar-refractivity contribution in [1.82, 2.24) is 5.32 Å². The fraction of sp³-hybridized carbons (Fsp3) is 0.600. The first-order valence-electron chi connectivity index (χ1n) is 7.01. The van der Waals surface area contributed by atoms with E-state index in [2.05, 4.69) is 26.1 Å². The summed E-state index contributed by atoms with van der Waals surface area (Å²) in [6, 6.07) is 5.50. The van der Waals surface area contributed by atoms with Gasteiger partial charge in [0.05, 0.1) is 4.92 Å². The van der Waals surface area contributed by atoms with Crippen LogP contribution in [-0.2, 0) is 0 Å². The minimum Gasteiger partial charge on any atom is -0.483 e. The summed E-state index contributed by atoms with van der Waals surface area (Å²) < 4.78 is 5.91. The topological polar surface area (TPSA) is 64.4 Å². The van der Waals surface area contributed by atoms with Gasteiger partial charge in [-0.15, -0.1) is 0 Å². The van der Waals surface area contributed by atoms with Gasteiger partial charge in [-0.25, -0.2) is 0 Å². The molecule has 1 aliphatic rings. The van der Waals surface area contributed by atoms with E-state index in [4.69, 9.17) is 4.74 Å². The lowest BCUT2D eigenvalue weighted by Crippen LogP contribution is -2.62. The largest absolute Gasteiger partial charge is 0.483 e. The molecule has 2 unspecified atom stereocenters. The Labute approximate surface area is 119 Å². The van der Waals surface area contributed by atoms with Crippen molar-refractivity contribution in [1.29, 1.82) is 0 Å². The molecule has 0 bridgehead atoms. The first-order valence-corrected chi connectivity index (χ1v) is 7.01. The first kappa shape index (κ1) is 14.8. The molecule has 20 heavy (non-hydrogen) atoms. The van der Waals surface area contributed by atoms with E-state index in [9.17, 15) is 10.1 Å². The number of hydrogen-bond acceptors (Lipinski definition) is 4. The predicted molar refractivity (Wildman–Crippen MR) is 78.1 cm³/mol. The highest BCUT2D eigenvalue weighted by Crippen LogP contribution is 2.44. The van der Waals surface area contributed by atoms with E-state index < -0.39 is 0 Å². The Balaban J connectivity index is 2.14. The molecular formula is C15H22N2O3. The highest BCUT2D eigenvalue weighted by atomic mass is 16.6. The lowest BCUT2D eigenvalue weighted by atomic mass is 9.64. The van der Waals surface area contributed by atoms with Gasteiger partial charge in [0.2, 0.25) is 0 Å². The number of nitro groups is 1. The molecule has 110 valence electrons. The monoisotopic (exact) mass is 278 g/mol. The summed E-state index contributed by atoms with van der Waals surface area (Å²) in [4.78, 5) is 10.7. The summed E-state index contributed by atoms with van der Waals surface area (Å²) in [5, 5.41) is 14.5. The van der Waals surface area contributed by atoms with Crippen molar-refractivity contribution in [3.8, 4) is 5.75 Å². The summed E-state index contributed by atoms with van der Waals surface area (Å²) in [7, 11) is 0. The third-order valence-corrected chi connectivity index (χ3v) is 4.21. The Hall–Kier alpha value is -1.62. The van der Waals surface area contributed by atoms with Crippen LogP contribution in [0.2, 0.25) is 0 Å². The zero-order valence-electron chi connectivity index (χ0n) is 12.5. The van der Waals surface area contributed by atoms with Crippen LogP contribution < -0.4 is 10.1 Å². The van der Waals surface area contributed by atoms with Crippen LogP contribution in [0.15, 0.2) is 18.2 Å². The maximum Gasteiger partial charge on any atom is 0.311 e. The number of nitrogens with one attached hydrogen (secondary N) is 1. The molecule has 1 aromatic rings. The fourth-order valence-electron chi connectivity index (χ4n) is 2.70. The molecule has 5 nitrogen and oxygen atoms in total. The SMILES string of the molecule is CCNC1CC(Oc2ccc(C)cc2[N+](=O)[O-])C1(C)C. The molecule has 1 fully saturated rings. The molecule has 1 aliphatic carbocycles. The quantitative estimate of drug-likeness (QED) is 0.664. The highest BCUT2D eigenvalue weighted by molar-refractivity contribution is 5.48. The summed E-state index contributed by atoms with van der Waals surface area (Å²) in [5.41, 5.74) is 0.893. The van der Waals surface area contributed by atoms with Crippen LogP contribution >= 0.6 is 0 Å². The third-order valence-electron chi connectivity index (χ3n) is 4.21. The second-order valence-corrected chi connectivity index (χ2v) is 6.00. The molecule has 5 heteroatoms. The zero-order chi connectivity index (χ0) is 14.9. The van der Waals surface area contributed by atoms with Gasteiger partial charge in [-0.1, -0.05) is 26.8 Å². The maximum absolute atomic E-state index is 11.1. The first-order chi connectivity index (χ1) is 9.36. The molecule has 0 radical (unpaired) electrons. The number of ether oxygens (including phenoxy) is 1. The van der Waals surface area contributed by atoms with E-state index in [1.165, 1.54) is 0 Å². The number of aryl methyl sites for hydroxylation is 1. The molecule has 1 aromatic carbocycles. The Morgan fingerprint density at radius 2 is 2.20 bits per heavy atom. The number of hydrogen-bond donors (Lipinski definition) is 1. The molecule has 2 atom stereocenters. The maximum atomic E-state index is 11.1. The third kappa shape index (κ3) is 2.63. The van der Waals surface area contributed by atoms with E-state index in [0.29, 0.717) is 11.8 Å². The van der Waals surface area contributed by atoms with Gasteiger partial charge >= 0.3 is 5.69 Å². The van der Waals surface area contributed by atoms with E-state index >= 15 is 0 Å². The van der Waals surface area contributed by atoms with Crippen molar-refractivity contribution in [3.05, 3.63) is 33.9 Å². The molecule has 0 saturated heterocycles. The molecule has 2 rings (SSSR count). The van der Waals surface area contributed by atoms with Crippen molar-refractivity contribution in [2.75, 3.05) is 6.54 Å².